The highest BCUT2D eigenvalue weighted by atomic mass is 16.5. The summed E-state index contributed by atoms with van der Waals surface area (Å²) >= 11 is 0. The maximum atomic E-state index is 10.7. The summed E-state index contributed by atoms with van der Waals surface area (Å²) in [4.78, 5) is 10.7. The van der Waals surface area contributed by atoms with Gasteiger partial charge in [-0.15, -0.1) is 0 Å². The monoisotopic (exact) mass is 208 g/mol. The Balaban J connectivity index is 2.05. The molecule has 0 atom stereocenters. The number of hydrogen-bond donors (Lipinski definition) is 2. The molecule has 0 aliphatic carbocycles. The van der Waals surface area contributed by atoms with Gasteiger partial charge in [0.2, 0.25) is 0 Å². The van der Waals surface area contributed by atoms with Crippen LogP contribution in [0.5, 0.6) is 0 Å². The van der Waals surface area contributed by atoms with E-state index in [1.54, 1.807) is 0 Å². The predicted octanol–water partition coefficient (Wildman–Crippen LogP) is 0.626. The first kappa shape index (κ1) is 11.7. The van der Waals surface area contributed by atoms with Crippen LogP contribution in [-0.2, 0) is 16.0 Å². The number of hydrogen-bond acceptors (Lipinski definition) is 3. The van der Waals surface area contributed by atoms with Gasteiger partial charge in [-0.05, 0) is 18.4 Å². The highest BCUT2D eigenvalue weighted by Gasteiger charge is 1.97. The van der Waals surface area contributed by atoms with Crippen molar-refractivity contribution in [3.63, 3.8) is 0 Å². The molecule has 0 aromatic heterocycles. The molecule has 1 aromatic rings. The molecule has 0 saturated carbocycles. The van der Waals surface area contributed by atoms with Crippen LogP contribution in [0, 0.1) is 0 Å². The number of nitrogens with one attached hydrogen (secondary N) is 1. The van der Waals surface area contributed by atoms with Crippen LogP contribution in [-0.4, -0.2) is 19.1 Å². The minimum Gasteiger partial charge on any atom is -0.372 e. The Morgan fingerprint density at radius 1 is 1.33 bits per heavy atom. The van der Waals surface area contributed by atoms with Gasteiger partial charge in [0, 0.05) is 6.61 Å². The topological polar surface area (TPSA) is 64.3 Å². The Labute approximate surface area is 89.4 Å². The molecular formula is C11H16N2O2. The lowest BCUT2D eigenvalue weighted by Gasteiger charge is -2.03. The van der Waals surface area contributed by atoms with Crippen LogP contribution >= 0.6 is 0 Å². The van der Waals surface area contributed by atoms with Crippen LogP contribution < -0.4 is 11.3 Å². The molecule has 1 aromatic carbocycles. The zero-order valence-corrected chi connectivity index (χ0v) is 8.61. The van der Waals surface area contributed by atoms with Crippen LogP contribution in [0.25, 0.3) is 0 Å². The van der Waals surface area contributed by atoms with Crippen LogP contribution in [0.3, 0.4) is 0 Å². The Bertz CT molecular complexity index is 288. The molecule has 0 unspecified atom stereocenters. The molecule has 0 radical (unpaired) electrons. The van der Waals surface area contributed by atoms with Crippen molar-refractivity contribution in [3.8, 4) is 0 Å². The Morgan fingerprint density at radius 3 is 2.73 bits per heavy atom. The van der Waals surface area contributed by atoms with Crippen molar-refractivity contribution >= 4 is 5.91 Å². The summed E-state index contributed by atoms with van der Waals surface area (Å²) in [6.45, 7) is 0.605. The van der Waals surface area contributed by atoms with Crippen LogP contribution in [0.2, 0.25) is 0 Å². The number of carbonyl (C=O) groups is 1. The van der Waals surface area contributed by atoms with E-state index in [1.807, 2.05) is 23.6 Å². The average molecular weight is 208 g/mol. The number of carbonyl (C=O) groups excluding carboxylic acids is 1. The number of rotatable bonds is 6. The number of hydrazine groups is 1. The zero-order valence-electron chi connectivity index (χ0n) is 8.61. The molecule has 0 aliphatic rings. The van der Waals surface area contributed by atoms with Gasteiger partial charge in [0.05, 0.1) is 0 Å². The second-order valence-electron chi connectivity index (χ2n) is 3.21. The van der Waals surface area contributed by atoms with Crippen molar-refractivity contribution in [2.45, 2.75) is 12.8 Å². The van der Waals surface area contributed by atoms with Gasteiger partial charge in [0.25, 0.3) is 5.91 Å². The third-order valence-corrected chi connectivity index (χ3v) is 1.99. The highest BCUT2D eigenvalue weighted by molar-refractivity contribution is 5.76. The smallest absolute Gasteiger partial charge is 0.259 e. The van der Waals surface area contributed by atoms with Crippen LogP contribution in [0.1, 0.15) is 12.0 Å². The SMILES string of the molecule is NNC(=O)COCCCc1ccccc1. The summed E-state index contributed by atoms with van der Waals surface area (Å²) in [6.07, 6.45) is 1.87. The minimum atomic E-state index is -0.297. The molecule has 15 heavy (non-hydrogen) atoms. The molecule has 1 rings (SSSR count). The molecule has 0 bridgehead atoms. The second-order valence-corrected chi connectivity index (χ2v) is 3.21. The normalized spacial score (nSPS) is 9.93. The minimum absolute atomic E-state index is 0.0330. The lowest BCUT2D eigenvalue weighted by molar-refractivity contribution is -0.125. The number of ether oxygens (including phenoxy) is 1. The lowest BCUT2D eigenvalue weighted by atomic mass is 10.1. The summed E-state index contributed by atoms with van der Waals surface area (Å²) in [7, 11) is 0. The highest BCUT2D eigenvalue weighted by Crippen LogP contribution is 2.01. The van der Waals surface area contributed by atoms with E-state index >= 15 is 0 Å². The standard InChI is InChI=1S/C11H16N2O2/c12-13-11(14)9-15-8-4-7-10-5-2-1-3-6-10/h1-3,5-6H,4,7-9,12H2,(H,13,14). The van der Waals surface area contributed by atoms with Crippen molar-refractivity contribution in [1.82, 2.24) is 5.43 Å². The fraction of sp³-hybridized carbons (Fsp3) is 0.364. The largest absolute Gasteiger partial charge is 0.372 e. The molecule has 0 fully saturated rings. The number of benzene rings is 1. The second kappa shape index (κ2) is 6.98. The zero-order chi connectivity index (χ0) is 10.9. The van der Waals surface area contributed by atoms with Crippen LogP contribution in [0.15, 0.2) is 30.3 Å². The molecule has 3 N–H and O–H groups in total. The number of nitrogens with two attached hydrogens (primary N) is 1. The fourth-order valence-electron chi connectivity index (χ4n) is 1.23. The quantitative estimate of drug-likeness (QED) is 0.312. The van der Waals surface area contributed by atoms with Crippen molar-refractivity contribution in [1.29, 1.82) is 0 Å². The molecule has 4 heteroatoms. The van der Waals surface area contributed by atoms with Gasteiger partial charge in [-0.1, -0.05) is 30.3 Å². The van der Waals surface area contributed by atoms with Gasteiger partial charge in [-0.3, -0.25) is 10.2 Å². The van der Waals surface area contributed by atoms with E-state index in [0.29, 0.717) is 6.61 Å². The van der Waals surface area contributed by atoms with E-state index in [0.717, 1.165) is 12.8 Å². The molecule has 0 heterocycles. The summed E-state index contributed by atoms with van der Waals surface area (Å²) in [5.41, 5.74) is 3.29. The van der Waals surface area contributed by atoms with Crippen molar-refractivity contribution < 1.29 is 9.53 Å². The predicted molar refractivity (Wildman–Crippen MR) is 57.9 cm³/mol. The Kier molecular flexibility index (Phi) is 5.43. The average Bonchev–Trinajstić information content (AvgIpc) is 2.29. The summed E-state index contributed by atoms with van der Waals surface area (Å²) in [5, 5.41) is 0. The first-order valence-corrected chi connectivity index (χ1v) is 4.94. The maximum Gasteiger partial charge on any atom is 0.259 e. The number of aryl methyl sites for hydroxylation is 1. The third-order valence-electron chi connectivity index (χ3n) is 1.99. The Morgan fingerprint density at radius 2 is 2.07 bits per heavy atom. The molecule has 0 spiro atoms. The first-order chi connectivity index (χ1) is 7.33. The van der Waals surface area contributed by atoms with Crippen molar-refractivity contribution in [2.24, 2.45) is 5.84 Å². The summed E-state index contributed by atoms with van der Waals surface area (Å²) < 4.78 is 5.12. The summed E-state index contributed by atoms with van der Waals surface area (Å²) in [6, 6.07) is 10.2. The lowest BCUT2D eigenvalue weighted by Crippen LogP contribution is -2.33. The molecule has 82 valence electrons. The van der Waals surface area contributed by atoms with Gasteiger partial charge in [-0.2, -0.15) is 0 Å². The number of amides is 1. The molecule has 1 amide bonds. The molecule has 0 saturated heterocycles. The maximum absolute atomic E-state index is 10.7. The van der Waals surface area contributed by atoms with E-state index < -0.39 is 0 Å². The Hall–Kier alpha value is -1.39. The fourth-order valence-corrected chi connectivity index (χ4v) is 1.23. The summed E-state index contributed by atoms with van der Waals surface area (Å²) in [5.74, 6) is 4.60. The molecule has 4 nitrogen and oxygen atoms in total. The first-order valence-electron chi connectivity index (χ1n) is 4.94. The third kappa shape index (κ3) is 5.15. The van der Waals surface area contributed by atoms with E-state index in [1.165, 1.54) is 5.56 Å². The van der Waals surface area contributed by atoms with Gasteiger partial charge in [-0.25, -0.2) is 5.84 Å². The van der Waals surface area contributed by atoms with Gasteiger partial charge in [0.1, 0.15) is 6.61 Å². The van der Waals surface area contributed by atoms with E-state index in [-0.39, 0.29) is 12.5 Å². The van der Waals surface area contributed by atoms with Gasteiger partial charge >= 0.3 is 0 Å². The van der Waals surface area contributed by atoms with E-state index in [2.05, 4.69) is 12.1 Å². The van der Waals surface area contributed by atoms with Gasteiger partial charge < -0.3 is 4.74 Å². The van der Waals surface area contributed by atoms with E-state index in [9.17, 15) is 4.79 Å². The van der Waals surface area contributed by atoms with Crippen LogP contribution in [0.4, 0.5) is 0 Å². The molecule has 0 aliphatic heterocycles. The van der Waals surface area contributed by atoms with Crippen molar-refractivity contribution in [2.75, 3.05) is 13.2 Å². The van der Waals surface area contributed by atoms with E-state index in [4.69, 9.17) is 10.6 Å². The van der Waals surface area contributed by atoms with Gasteiger partial charge in [0.15, 0.2) is 0 Å². The van der Waals surface area contributed by atoms with Crippen molar-refractivity contribution in [3.05, 3.63) is 35.9 Å². The molecular weight excluding hydrogens is 192 g/mol.